The van der Waals surface area contributed by atoms with E-state index in [-0.39, 0.29) is 24.0 Å². The summed E-state index contributed by atoms with van der Waals surface area (Å²) in [5.74, 6) is -2.78. The number of rotatable bonds is 5. The fraction of sp³-hybridized carbons (Fsp3) is 0.400. The van der Waals surface area contributed by atoms with Crippen LogP contribution in [0.15, 0.2) is 36.4 Å². The van der Waals surface area contributed by atoms with Crippen LogP contribution in [0.1, 0.15) is 23.5 Å². The van der Waals surface area contributed by atoms with Crippen molar-refractivity contribution in [1.82, 2.24) is 4.90 Å². The van der Waals surface area contributed by atoms with Crippen molar-refractivity contribution in [2.24, 2.45) is 5.92 Å². The fourth-order valence-electron chi connectivity index (χ4n) is 3.66. The van der Waals surface area contributed by atoms with Crippen molar-refractivity contribution >= 4 is 0 Å². The van der Waals surface area contributed by atoms with Gasteiger partial charge in [-0.1, -0.05) is 12.1 Å². The molecule has 3 nitrogen and oxygen atoms in total. The Morgan fingerprint density at radius 2 is 1.77 bits per heavy atom. The van der Waals surface area contributed by atoms with Crippen molar-refractivity contribution in [1.29, 1.82) is 0 Å². The van der Waals surface area contributed by atoms with Crippen molar-refractivity contribution in [3.8, 4) is 5.75 Å². The highest BCUT2D eigenvalue weighted by Gasteiger charge is 2.32. The molecule has 0 bridgehead atoms. The lowest BCUT2D eigenvalue weighted by molar-refractivity contribution is 0.0959. The first-order valence-electron chi connectivity index (χ1n) is 8.62. The first-order chi connectivity index (χ1) is 12.5. The SMILES string of the molecule is COc1ccc(CN2CC[C@@H](c3cc(F)c(F)cc3F)[C@H](CO)C2)cc1. The van der Waals surface area contributed by atoms with E-state index in [4.69, 9.17) is 4.74 Å². The van der Waals surface area contributed by atoms with Gasteiger partial charge >= 0.3 is 0 Å². The molecule has 1 fully saturated rings. The number of nitrogens with zero attached hydrogens (tertiary/aromatic N) is 1. The lowest BCUT2D eigenvalue weighted by Gasteiger charge is -2.38. The van der Waals surface area contributed by atoms with Gasteiger partial charge in [0.05, 0.1) is 7.11 Å². The van der Waals surface area contributed by atoms with E-state index in [1.807, 2.05) is 24.3 Å². The highest BCUT2D eigenvalue weighted by atomic mass is 19.2. The molecule has 26 heavy (non-hydrogen) atoms. The van der Waals surface area contributed by atoms with E-state index in [0.717, 1.165) is 17.4 Å². The van der Waals surface area contributed by atoms with Gasteiger partial charge in [-0.05, 0) is 48.2 Å². The maximum absolute atomic E-state index is 14.1. The van der Waals surface area contributed by atoms with Crippen LogP contribution in [0.5, 0.6) is 5.75 Å². The van der Waals surface area contributed by atoms with E-state index in [2.05, 4.69) is 4.90 Å². The number of piperidine rings is 1. The summed E-state index contributed by atoms with van der Waals surface area (Å²) in [6.45, 7) is 1.81. The van der Waals surface area contributed by atoms with Crippen molar-refractivity contribution < 1.29 is 23.0 Å². The van der Waals surface area contributed by atoms with E-state index >= 15 is 0 Å². The number of ether oxygens (including phenoxy) is 1. The molecule has 1 aliphatic heterocycles. The average Bonchev–Trinajstić information content (AvgIpc) is 2.65. The monoisotopic (exact) mass is 365 g/mol. The topological polar surface area (TPSA) is 32.7 Å². The minimum absolute atomic E-state index is 0.137. The Labute approximate surface area is 151 Å². The Kier molecular flexibility index (Phi) is 5.84. The molecule has 0 saturated carbocycles. The number of halogens is 3. The van der Waals surface area contributed by atoms with Gasteiger partial charge in [0, 0.05) is 31.7 Å². The molecule has 1 aliphatic rings. The molecule has 1 saturated heterocycles. The molecular weight excluding hydrogens is 343 g/mol. The van der Waals surface area contributed by atoms with Crippen LogP contribution >= 0.6 is 0 Å². The van der Waals surface area contributed by atoms with E-state index in [1.165, 1.54) is 0 Å². The molecule has 0 aliphatic carbocycles. The van der Waals surface area contributed by atoms with Gasteiger partial charge in [0.2, 0.25) is 0 Å². The Balaban J connectivity index is 1.71. The molecule has 3 rings (SSSR count). The summed E-state index contributed by atoms with van der Waals surface area (Å²) in [4.78, 5) is 2.18. The van der Waals surface area contributed by atoms with Crippen LogP contribution < -0.4 is 4.74 Å². The molecule has 140 valence electrons. The minimum atomic E-state index is -1.19. The second kappa shape index (κ2) is 8.10. The Hall–Kier alpha value is -2.05. The van der Waals surface area contributed by atoms with Crippen molar-refractivity contribution in [2.75, 3.05) is 26.8 Å². The van der Waals surface area contributed by atoms with Crippen LogP contribution in [-0.4, -0.2) is 36.8 Å². The van der Waals surface area contributed by atoms with Gasteiger partial charge in [-0.25, -0.2) is 13.2 Å². The van der Waals surface area contributed by atoms with Crippen LogP contribution in [0.3, 0.4) is 0 Å². The van der Waals surface area contributed by atoms with E-state index in [9.17, 15) is 18.3 Å². The number of benzene rings is 2. The Morgan fingerprint density at radius 1 is 1.08 bits per heavy atom. The zero-order valence-electron chi connectivity index (χ0n) is 14.6. The summed E-state index contributed by atoms with van der Waals surface area (Å²) in [6, 6.07) is 9.26. The first kappa shape index (κ1) is 18.7. The highest BCUT2D eigenvalue weighted by Crippen LogP contribution is 2.35. The smallest absolute Gasteiger partial charge is 0.161 e. The minimum Gasteiger partial charge on any atom is -0.497 e. The Bertz CT molecular complexity index is 751. The number of hydrogen-bond acceptors (Lipinski definition) is 3. The highest BCUT2D eigenvalue weighted by molar-refractivity contribution is 5.28. The number of likely N-dealkylation sites (tertiary alicyclic amines) is 1. The van der Waals surface area contributed by atoms with Gasteiger partial charge in [-0.15, -0.1) is 0 Å². The van der Waals surface area contributed by atoms with Crippen molar-refractivity contribution in [3.63, 3.8) is 0 Å². The van der Waals surface area contributed by atoms with Crippen LogP contribution in [-0.2, 0) is 6.54 Å². The number of aliphatic hydroxyl groups excluding tert-OH is 1. The van der Waals surface area contributed by atoms with Gasteiger partial charge in [0.15, 0.2) is 11.6 Å². The molecule has 2 aromatic rings. The van der Waals surface area contributed by atoms with Crippen LogP contribution in [0, 0.1) is 23.4 Å². The molecule has 2 aromatic carbocycles. The third-order valence-electron chi connectivity index (χ3n) is 5.06. The summed E-state index contributed by atoms with van der Waals surface area (Å²) in [5, 5.41) is 9.76. The van der Waals surface area contributed by atoms with Gasteiger partial charge < -0.3 is 9.84 Å². The summed E-state index contributed by atoms with van der Waals surface area (Å²) < 4.78 is 46.0. The standard InChI is InChI=1S/C20H22F3NO2/c1-26-15-4-2-13(3-5-15)10-24-7-6-16(14(11-24)12-25)17-8-19(22)20(23)9-18(17)21/h2-5,8-9,14,16,25H,6-7,10-12H2,1H3/t14-,16+/m0/s1. The van der Waals surface area contributed by atoms with Gasteiger partial charge in [0.1, 0.15) is 11.6 Å². The molecular formula is C20H22F3NO2. The lowest BCUT2D eigenvalue weighted by atomic mass is 9.80. The number of aliphatic hydroxyl groups is 1. The predicted molar refractivity (Wildman–Crippen MR) is 92.5 cm³/mol. The molecule has 1 N–H and O–H groups in total. The largest absolute Gasteiger partial charge is 0.497 e. The van der Waals surface area contributed by atoms with Crippen LogP contribution in [0.25, 0.3) is 0 Å². The van der Waals surface area contributed by atoms with Gasteiger partial charge in [-0.2, -0.15) is 0 Å². The van der Waals surface area contributed by atoms with Crippen LogP contribution in [0.2, 0.25) is 0 Å². The summed E-state index contributed by atoms with van der Waals surface area (Å²) in [5.41, 5.74) is 1.26. The maximum Gasteiger partial charge on any atom is 0.161 e. The molecule has 1 heterocycles. The van der Waals surface area contributed by atoms with E-state index in [1.54, 1.807) is 7.11 Å². The van der Waals surface area contributed by atoms with E-state index < -0.39 is 17.5 Å². The molecule has 0 spiro atoms. The molecule has 2 atom stereocenters. The van der Waals surface area contributed by atoms with Crippen LogP contribution in [0.4, 0.5) is 13.2 Å². The molecule has 0 amide bonds. The number of methoxy groups -OCH3 is 1. The number of hydrogen-bond donors (Lipinski definition) is 1. The predicted octanol–water partition coefficient (Wildman–Crippen LogP) is 3.71. The normalized spacial score (nSPS) is 21.0. The van der Waals surface area contributed by atoms with Crippen molar-refractivity contribution in [2.45, 2.75) is 18.9 Å². The summed E-state index contributed by atoms with van der Waals surface area (Å²) in [7, 11) is 1.61. The lowest BCUT2D eigenvalue weighted by Crippen LogP contribution is -2.40. The quantitative estimate of drug-likeness (QED) is 0.820. The van der Waals surface area contributed by atoms with Gasteiger partial charge in [-0.3, -0.25) is 4.90 Å². The average molecular weight is 365 g/mol. The summed E-state index contributed by atoms with van der Waals surface area (Å²) in [6.07, 6.45) is 0.573. The second-order valence-corrected chi connectivity index (χ2v) is 6.71. The molecule has 0 unspecified atom stereocenters. The van der Waals surface area contributed by atoms with Crippen molar-refractivity contribution in [3.05, 3.63) is 65.0 Å². The van der Waals surface area contributed by atoms with Gasteiger partial charge in [0.25, 0.3) is 0 Å². The zero-order valence-corrected chi connectivity index (χ0v) is 14.6. The second-order valence-electron chi connectivity index (χ2n) is 6.71. The molecule has 6 heteroatoms. The molecule has 0 aromatic heterocycles. The Morgan fingerprint density at radius 3 is 2.42 bits per heavy atom. The maximum atomic E-state index is 14.1. The zero-order chi connectivity index (χ0) is 18.7. The first-order valence-corrected chi connectivity index (χ1v) is 8.62. The summed E-state index contributed by atoms with van der Waals surface area (Å²) >= 11 is 0. The third-order valence-corrected chi connectivity index (χ3v) is 5.06. The fourth-order valence-corrected chi connectivity index (χ4v) is 3.66. The third kappa shape index (κ3) is 4.02. The van der Waals surface area contributed by atoms with E-state index in [0.29, 0.717) is 32.1 Å². The molecule has 0 radical (unpaired) electrons.